The summed E-state index contributed by atoms with van der Waals surface area (Å²) in [6.45, 7) is 6.62. The minimum absolute atomic E-state index is 0.0103. The molecule has 7 heteroatoms. The number of rotatable bonds is 10. The van der Waals surface area contributed by atoms with Crippen molar-refractivity contribution in [3.63, 3.8) is 0 Å². The molecule has 1 fully saturated rings. The molecular weight excluding hydrogens is 482 g/mol. The average Bonchev–Trinajstić information content (AvgIpc) is 3.16. The molecule has 1 unspecified atom stereocenters. The van der Waals surface area contributed by atoms with Crippen LogP contribution in [0.3, 0.4) is 0 Å². The first-order chi connectivity index (χ1) is 18.3. The molecule has 0 aromatic heterocycles. The van der Waals surface area contributed by atoms with Gasteiger partial charge in [0.25, 0.3) is 11.7 Å². The molecule has 3 aromatic carbocycles. The van der Waals surface area contributed by atoms with Crippen molar-refractivity contribution in [3.8, 4) is 11.5 Å². The van der Waals surface area contributed by atoms with E-state index in [4.69, 9.17) is 14.2 Å². The summed E-state index contributed by atoms with van der Waals surface area (Å²) in [5, 5.41) is 11.4. The van der Waals surface area contributed by atoms with Gasteiger partial charge in [-0.2, -0.15) is 0 Å². The van der Waals surface area contributed by atoms with E-state index in [1.165, 1.54) is 12.0 Å². The van der Waals surface area contributed by atoms with Crippen LogP contribution < -0.4 is 9.47 Å². The Hall–Kier alpha value is -4.10. The highest BCUT2D eigenvalue weighted by molar-refractivity contribution is 6.46. The number of methoxy groups -OCH3 is 1. The van der Waals surface area contributed by atoms with E-state index in [0.29, 0.717) is 29.2 Å². The maximum Gasteiger partial charge on any atom is 0.295 e. The summed E-state index contributed by atoms with van der Waals surface area (Å²) in [5.74, 6) is -0.278. The molecule has 1 aliphatic rings. The fourth-order valence-corrected chi connectivity index (χ4v) is 4.50. The first-order valence-electron chi connectivity index (χ1n) is 12.6. The van der Waals surface area contributed by atoms with E-state index in [-0.39, 0.29) is 30.6 Å². The van der Waals surface area contributed by atoms with Crippen molar-refractivity contribution >= 4 is 17.4 Å². The zero-order valence-electron chi connectivity index (χ0n) is 22.1. The zero-order valence-corrected chi connectivity index (χ0v) is 22.1. The SMILES string of the molecule is COCCN1C(=O)C(=O)/C(=C(\O)c2ccc(OCc3ccccc3)c(C)c2)C1c1ccc(OC(C)C)cc1. The van der Waals surface area contributed by atoms with E-state index in [1.54, 1.807) is 30.3 Å². The van der Waals surface area contributed by atoms with Crippen LogP contribution in [0, 0.1) is 6.92 Å². The minimum Gasteiger partial charge on any atom is -0.507 e. The number of aryl methyl sites for hydroxylation is 1. The first-order valence-corrected chi connectivity index (χ1v) is 12.6. The quantitative estimate of drug-likeness (QED) is 0.220. The molecule has 0 saturated carbocycles. The molecule has 198 valence electrons. The van der Waals surface area contributed by atoms with Gasteiger partial charge in [-0.3, -0.25) is 9.59 Å². The second kappa shape index (κ2) is 12.0. The normalized spacial score (nSPS) is 16.8. The molecule has 0 radical (unpaired) electrons. The molecule has 1 N–H and O–H groups in total. The lowest BCUT2D eigenvalue weighted by atomic mass is 9.94. The number of amides is 1. The molecular formula is C31H33NO6. The van der Waals surface area contributed by atoms with Gasteiger partial charge in [0.15, 0.2) is 0 Å². The Morgan fingerprint density at radius 2 is 1.71 bits per heavy atom. The van der Waals surface area contributed by atoms with Crippen molar-refractivity contribution in [2.24, 2.45) is 0 Å². The minimum atomic E-state index is -0.757. The molecule has 1 amide bonds. The monoisotopic (exact) mass is 515 g/mol. The van der Waals surface area contributed by atoms with Gasteiger partial charge in [-0.15, -0.1) is 0 Å². The van der Waals surface area contributed by atoms with Crippen LogP contribution in [0.15, 0.2) is 78.4 Å². The van der Waals surface area contributed by atoms with Crippen molar-refractivity contribution in [1.82, 2.24) is 4.90 Å². The Labute approximate surface area is 223 Å². The molecule has 1 atom stereocenters. The van der Waals surface area contributed by atoms with E-state index >= 15 is 0 Å². The standard InChI is InChI=1S/C31H33NO6/c1-20(2)38-25-13-10-23(11-14-25)28-27(30(34)31(35)32(28)16-17-36-4)29(33)24-12-15-26(21(3)18-24)37-19-22-8-6-5-7-9-22/h5-15,18,20,28,33H,16-17,19H2,1-4H3/b29-27-. The maximum atomic E-state index is 13.2. The van der Waals surface area contributed by atoms with Gasteiger partial charge in [0, 0.05) is 19.2 Å². The topological polar surface area (TPSA) is 85.3 Å². The van der Waals surface area contributed by atoms with Crippen LogP contribution in [0.25, 0.3) is 5.76 Å². The number of benzene rings is 3. The van der Waals surface area contributed by atoms with Gasteiger partial charge in [-0.25, -0.2) is 0 Å². The van der Waals surface area contributed by atoms with Crippen molar-refractivity contribution in [3.05, 3.63) is 101 Å². The highest BCUT2D eigenvalue weighted by Crippen LogP contribution is 2.40. The van der Waals surface area contributed by atoms with Gasteiger partial charge in [0.05, 0.1) is 24.3 Å². The Morgan fingerprint density at radius 3 is 2.34 bits per heavy atom. The van der Waals surface area contributed by atoms with E-state index in [0.717, 1.165) is 11.1 Å². The lowest BCUT2D eigenvalue weighted by molar-refractivity contribution is -0.140. The Morgan fingerprint density at radius 1 is 1.00 bits per heavy atom. The molecule has 1 aliphatic heterocycles. The Balaban J connectivity index is 1.68. The van der Waals surface area contributed by atoms with Crippen LogP contribution in [0.2, 0.25) is 0 Å². The van der Waals surface area contributed by atoms with Crippen LogP contribution >= 0.6 is 0 Å². The van der Waals surface area contributed by atoms with Crippen molar-refractivity contribution in [2.45, 2.75) is 39.5 Å². The fourth-order valence-electron chi connectivity index (χ4n) is 4.50. The second-order valence-corrected chi connectivity index (χ2v) is 9.48. The number of likely N-dealkylation sites (tertiary alicyclic amines) is 1. The van der Waals surface area contributed by atoms with Crippen molar-refractivity contribution in [1.29, 1.82) is 0 Å². The summed E-state index contributed by atoms with van der Waals surface area (Å²) in [6, 6.07) is 21.5. The predicted octanol–water partition coefficient (Wildman–Crippen LogP) is 5.43. The number of nitrogens with zero attached hydrogens (tertiary/aromatic N) is 1. The van der Waals surface area contributed by atoms with Gasteiger partial charge in [-0.1, -0.05) is 42.5 Å². The van der Waals surface area contributed by atoms with Gasteiger partial charge in [0.1, 0.15) is 23.9 Å². The third-order valence-electron chi connectivity index (χ3n) is 6.33. The van der Waals surface area contributed by atoms with Crippen LogP contribution in [-0.2, 0) is 20.9 Å². The summed E-state index contributed by atoms with van der Waals surface area (Å²) >= 11 is 0. The number of carbonyl (C=O) groups excluding carboxylic acids is 2. The maximum absolute atomic E-state index is 13.2. The van der Waals surface area contributed by atoms with E-state index in [1.807, 2.05) is 63.2 Å². The molecule has 0 spiro atoms. The van der Waals surface area contributed by atoms with Gasteiger partial charge < -0.3 is 24.2 Å². The van der Waals surface area contributed by atoms with Crippen LogP contribution in [0.5, 0.6) is 11.5 Å². The molecule has 1 saturated heterocycles. The molecule has 3 aromatic rings. The van der Waals surface area contributed by atoms with Crippen molar-refractivity contribution < 1.29 is 28.9 Å². The number of ketones is 1. The van der Waals surface area contributed by atoms with Gasteiger partial charge >= 0.3 is 0 Å². The molecule has 7 nitrogen and oxygen atoms in total. The lowest BCUT2D eigenvalue weighted by Gasteiger charge is -2.25. The Bertz CT molecular complexity index is 1310. The van der Waals surface area contributed by atoms with E-state index in [2.05, 4.69) is 0 Å². The summed E-state index contributed by atoms with van der Waals surface area (Å²) in [6.07, 6.45) is 0.0103. The summed E-state index contributed by atoms with van der Waals surface area (Å²) in [4.78, 5) is 27.7. The molecule has 0 bridgehead atoms. The first kappa shape index (κ1) is 26.9. The summed E-state index contributed by atoms with van der Waals surface area (Å²) in [7, 11) is 1.54. The van der Waals surface area contributed by atoms with Gasteiger partial charge in [0.2, 0.25) is 0 Å². The summed E-state index contributed by atoms with van der Waals surface area (Å²) in [5.41, 5.74) is 3.01. The van der Waals surface area contributed by atoms with Crippen molar-refractivity contribution in [2.75, 3.05) is 20.3 Å². The number of aliphatic hydroxyl groups excluding tert-OH is 1. The molecule has 1 heterocycles. The number of carbonyl (C=O) groups is 2. The third kappa shape index (κ3) is 5.89. The number of hydrogen-bond donors (Lipinski definition) is 1. The third-order valence-corrected chi connectivity index (χ3v) is 6.33. The van der Waals surface area contributed by atoms with Crippen LogP contribution in [0.1, 0.15) is 42.1 Å². The second-order valence-electron chi connectivity index (χ2n) is 9.48. The van der Waals surface area contributed by atoms with E-state index < -0.39 is 17.7 Å². The fraction of sp³-hybridized carbons (Fsp3) is 0.290. The van der Waals surface area contributed by atoms with Crippen LogP contribution in [0.4, 0.5) is 0 Å². The number of hydrogen-bond acceptors (Lipinski definition) is 6. The molecule has 4 rings (SSSR count). The number of ether oxygens (including phenoxy) is 3. The predicted molar refractivity (Wildman–Crippen MR) is 145 cm³/mol. The average molecular weight is 516 g/mol. The highest BCUT2D eigenvalue weighted by atomic mass is 16.5. The Kier molecular flexibility index (Phi) is 8.48. The van der Waals surface area contributed by atoms with Gasteiger partial charge in [-0.05, 0) is 67.8 Å². The largest absolute Gasteiger partial charge is 0.507 e. The number of aliphatic hydroxyl groups is 1. The lowest BCUT2D eigenvalue weighted by Crippen LogP contribution is -2.32. The summed E-state index contributed by atoms with van der Waals surface area (Å²) < 4.78 is 16.9. The smallest absolute Gasteiger partial charge is 0.295 e. The molecule has 0 aliphatic carbocycles. The number of Topliss-reactive ketones (excluding diaryl/α,β-unsaturated/α-hetero) is 1. The zero-order chi connectivity index (χ0) is 27.2. The highest BCUT2D eigenvalue weighted by Gasteiger charge is 2.45. The van der Waals surface area contributed by atoms with Crippen LogP contribution in [-0.4, -0.2) is 48.1 Å². The molecule has 38 heavy (non-hydrogen) atoms. The van der Waals surface area contributed by atoms with E-state index in [9.17, 15) is 14.7 Å².